The van der Waals surface area contributed by atoms with Gasteiger partial charge < -0.3 is 20.7 Å². The van der Waals surface area contributed by atoms with Crippen molar-refractivity contribution < 1.29 is 9.53 Å². The van der Waals surface area contributed by atoms with E-state index in [1.807, 2.05) is 102 Å². The molecule has 18 nitrogen and oxygen atoms in total. The molecule has 0 aliphatic carbocycles. The molecule has 0 spiro atoms. The monoisotopic (exact) mass is 848 g/mol. The quantitative estimate of drug-likeness (QED) is 0.118. The van der Waals surface area contributed by atoms with Crippen molar-refractivity contribution in [1.29, 1.82) is 0 Å². The summed E-state index contributed by atoms with van der Waals surface area (Å²) in [5.41, 5.74) is 8.11. The van der Waals surface area contributed by atoms with Crippen LogP contribution in [0.5, 0.6) is 0 Å². The highest BCUT2D eigenvalue weighted by Gasteiger charge is 2.25. The van der Waals surface area contributed by atoms with Gasteiger partial charge in [0.25, 0.3) is 0 Å². The predicted molar refractivity (Wildman–Crippen MR) is 246 cm³/mol. The van der Waals surface area contributed by atoms with Gasteiger partial charge in [-0.3, -0.25) is 24.2 Å². The Labute approximate surface area is 365 Å². The van der Waals surface area contributed by atoms with Crippen molar-refractivity contribution in [2.75, 3.05) is 34.9 Å². The third-order valence-corrected chi connectivity index (χ3v) is 9.75. The van der Waals surface area contributed by atoms with Crippen LogP contribution in [0.3, 0.4) is 0 Å². The first-order valence-corrected chi connectivity index (χ1v) is 20.5. The van der Waals surface area contributed by atoms with Crippen LogP contribution in [-0.2, 0) is 18.8 Å². The molecule has 18 heteroatoms. The van der Waals surface area contributed by atoms with Gasteiger partial charge in [0.15, 0.2) is 23.3 Å². The molecule has 0 atom stereocenters. The van der Waals surface area contributed by atoms with Gasteiger partial charge in [0.05, 0.1) is 34.5 Å². The standard InChI is InChI=1S/C25H30N8O2.C20H22N8/c1-15(2)16-11-22(30-27-13-16)29-21-9-8-19-20(28-21)10-17(12-26-19)18-14-32(6)31-23(18)33(7)24(34)35-25(3,4)5;1-12(2)13-8-19(26-23-10-13)25-18-6-5-16-17(24-18)7-14(9-22-16)15-11-28(4)27-20(15)21-3/h8-15H,1-7H3,(H,28,29,30);5-12H,1-4H3,(H,21,27)(H,24,25,26). The third-order valence-electron chi connectivity index (χ3n) is 9.75. The first kappa shape index (κ1) is 43.5. The first-order valence-electron chi connectivity index (χ1n) is 20.5. The molecule has 0 aliphatic heterocycles. The number of fused-ring (bicyclic) bond motifs is 2. The third kappa shape index (κ3) is 10.5. The molecule has 63 heavy (non-hydrogen) atoms. The maximum atomic E-state index is 12.7. The number of pyridine rings is 4. The van der Waals surface area contributed by atoms with Crippen molar-refractivity contribution in [2.24, 2.45) is 14.1 Å². The van der Waals surface area contributed by atoms with Gasteiger partial charge in [0, 0.05) is 75.2 Å². The van der Waals surface area contributed by atoms with Crippen molar-refractivity contribution >= 4 is 63.1 Å². The molecule has 1 amide bonds. The number of rotatable bonds is 10. The van der Waals surface area contributed by atoms with Gasteiger partial charge >= 0.3 is 6.09 Å². The van der Waals surface area contributed by atoms with E-state index >= 15 is 0 Å². The Morgan fingerprint density at radius 2 is 1.16 bits per heavy atom. The number of aromatic nitrogens is 12. The van der Waals surface area contributed by atoms with Crippen LogP contribution in [0.2, 0.25) is 0 Å². The Hall–Kier alpha value is -7.63. The molecule has 8 heterocycles. The van der Waals surface area contributed by atoms with Gasteiger partial charge in [-0.2, -0.15) is 20.4 Å². The zero-order valence-corrected chi connectivity index (χ0v) is 37.4. The molecule has 0 radical (unpaired) electrons. The minimum Gasteiger partial charge on any atom is -0.443 e. The maximum absolute atomic E-state index is 12.7. The first-order chi connectivity index (χ1) is 30.0. The minimum absolute atomic E-state index is 0.342. The fourth-order valence-corrected chi connectivity index (χ4v) is 6.46. The number of carbonyl (C=O) groups excluding carboxylic acids is 1. The number of hydrogen-bond acceptors (Lipinski definition) is 15. The molecule has 3 N–H and O–H groups in total. The van der Waals surface area contributed by atoms with Crippen LogP contribution in [0.15, 0.2) is 85.7 Å². The fourth-order valence-electron chi connectivity index (χ4n) is 6.46. The summed E-state index contributed by atoms with van der Waals surface area (Å²) in [6.45, 7) is 13.9. The van der Waals surface area contributed by atoms with Gasteiger partial charge in [-0.05, 0) is 92.3 Å². The number of nitrogens with zero attached hydrogens (tertiary/aromatic N) is 13. The molecule has 8 aromatic heterocycles. The summed E-state index contributed by atoms with van der Waals surface area (Å²) in [4.78, 5) is 32.6. The fraction of sp³-hybridized carbons (Fsp3) is 0.311. The minimum atomic E-state index is -0.614. The van der Waals surface area contributed by atoms with Crippen molar-refractivity contribution in [3.8, 4) is 22.3 Å². The lowest BCUT2D eigenvalue weighted by atomic mass is 10.1. The summed E-state index contributed by atoms with van der Waals surface area (Å²) in [6, 6.07) is 15.5. The van der Waals surface area contributed by atoms with E-state index in [9.17, 15) is 4.79 Å². The van der Waals surface area contributed by atoms with E-state index in [0.29, 0.717) is 46.4 Å². The lowest BCUT2D eigenvalue weighted by molar-refractivity contribution is 0.0588. The highest BCUT2D eigenvalue weighted by atomic mass is 16.6. The average Bonchev–Trinajstić information content (AvgIpc) is 3.84. The summed E-state index contributed by atoms with van der Waals surface area (Å²) in [5.74, 6) is 4.62. The maximum Gasteiger partial charge on any atom is 0.415 e. The van der Waals surface area contributed by atoms with Crippen molar-refractivity contribution in [2.45, 2.75) is 65.9 Å². The number of nitrogens with one attached hydrogen (secondary N) is 3. The van der Waals surface area contributed by atoms with Gasteiger partial charge in [0.1, 0.15) is 17.2 Å². The SMILES string of the molecule is CC(C)c1cnnc(Nc2ccc3ncc(-c4cn(C)nc4N(C)C(=O)OC(C)(C)C)cc3n2)c1.CNc1nn(C)cc1-c1cnc2ccc(Nc3cc(C(C)C)cnn3)nc2c1. The molecule has 0 aliphatic rings. The molecule has 324 valence electrons. The Bertz CT molecular complexity index is 2900. The van der Waals surface area contributed by atoms with Gasteiger partial charge in [0.2, 0.25) is 0 Å². The van der Waals surface area contributed by atoms with Crippen LogP contribution >= 0.6 is 0 Å². The van der Waals surface area contributed by atoms with Crippen LogP contribution in [0, 0.1) is 0 Å². The van der Waals surface area contributed by atoms with Crippen molar-refractivity contribution in [3.05, 3.63) is 96.8 Å². The molecular weight excluding hydrogens is 797 g/mol. The second-order valence-electron chi connectivity index (χ2n) is 16.6. The van der Waals surface area contributed by atoms with Gasteiger partial charge in [-0.15, -0.1) is 10.2 Å². The molecule has 8 rings (SSSR count). The van der Waals surface area contributed by atoms with Crippen molar-refractivity contribution in [1.82, 2.24) is 59.9 Å². The lowest BCUT2D eigenvalue weighted by Gasteiger charge is -2.24. The molecule has 0 aromatic carbocycles. The van der Waals surface area contributed by atoms with Crippen molar-refractivity contribution in [3.63, 3.8) is 0 Å². The zero-order valence-electron chi connectivity index (χ0n) is 37.4. The molecule has 8 aromatic rings. The Kier molecular flexibility index (Phi) is 12.5. The summed E-state index contributed by atoms with van der Waals surface area (Å²) in [6.07, 6.45) is 10.5. The lowest BCUT2D eigenvalue weighted by Crippen LogP contribution is -2.34. The second-order valence-corrected chi connectivity index (χ2v) is 16.6. The van der Waals surface area contributed by atoms with E-state index in [4.69, 9.17) is 14.7 Å². The number of hydrogen-bond donors (Lipinski definition) is 3. The summed E-state index contributed by atoms with van der Waals surface area (Å²) in [7, 11) is 7.19. The van der Waals surface area contributed by atoms with E-state index in [-0.39, 0.29) is 0 Å². The number of aryl methyl sites for hydroxylation is 2. The molecule has 0 saturated carbocycles. The largest absolute Gasteiger partial charge is 0.443 e. The predicted octanol–water partition coefficient (Wildman–Crippen LogP) is 8.79. The summed E-state index contributed by atoms with van der Waals surface area (Å²) in [5, 5.41) is 34.9. The number of amides is 1. The zero-order chi connectivity index (χ0) is 45.0. The van der Waals surface area contributed by atoms with Crippen LogP contribution in [0.1, 0.15) is 71.4 Å². The molecule has 0 saturated heterocycles. The normalized spacial score (nSPS) is 11.4. The molecule has 0 bridgehead atoms. The van der Waals surface area contributed by atoms with Gasteiger partial charge in [-0.25, -0.2) is 14.8 Å². The molecule has 0 fully saturated rings. The van der Waals surface area contributed by atoms with E-state index in [1.165, 1.54) is 4.90 Å². The number of ether oxygens (including phenoxy) is 1. The molecular formula is C45H52N16O2. The average molecular weight is 849 g/mol. The highest BCUT2D eigenvalue weighted by molar-refractivity contribution is 5.93. The summed E-state index contributed by atoms with van der Waals surface area (Å²) < 4.78 is 8.94. The number of carbonyl (C=O) groups is 1. The Morgan fingerprint density at radius 1 is 0.667 bits per heavy atom. The van der Waals surface area contributed by atoms with Gasteiger partial charge in [-0.1, -0.05) is 27.7 Å². The van der Waals surface area contributed by atoms with Crippen LogP contribution in [0.4, 0.5) is 39.7 Å². The Balaban J connectivity index is 0.000000193. The highest BCUT2D eigenvalue weighted by Crippen LogP contribution is 2.32. The Morgan fingerprint density at radius 3 is 1.65 bits per heavy atom. The van der Waals surface area contributed by atoms with Crippen LogP contribution in [0.25, 0.3) is 44.3 Å². The van der Waals surface area contributed by atoms with E-state index < -0.39 is 11.7 Å². The smallest absolute Gasteiger partial charge is 0.415 e. The topological polar surface area (TPSA) is 204 Å². The molecule has 0 unspecified atom stereocenters. The van der Waals surface area contributed by atoms with Crippen LogP contribution < -0.4 is 20.9 Å². The van der Waals surface area contributed by atoms with E-state index in [2.05, 4.69) is 84.2 Å². The van der Waals surface area contributed by atoms with E-state index in [1.54, 1.807) is 42.0 Å². The second kappa shape index (κ2) is 18.2. The summed E-state index contributed by atoms with van der Waals surface area (Å²) >= 11 is 0. The van der Waals surface area contributed by atoms with Crippen LogP contribution in [-0.4, -0.2) is 85.7 Å². The number of anilines is 6. The van der Waals surface area contributed by atoms with E-state index in [0.717, 1.165) is 55.7 Å².